The molecule has 1 saturated heterocycles. The summed E-state index contributed by atoms with van der Waals surface area (Å²) in [6.45, 7) is 4.87. The van der Waals surface area contributed by atoms with E-state index in [1.807, 2.05) is 0 Å². The number of rotatable bonds is 4. The van der Waals surface area contributed by atoms with E-state index in [1.54, 1.807) is 4.90 Å². The van der Waals surface area contributed by atoms with Crippen molar-refractivity contribution in [1.29, 1.82) is 0 Å². The molecule has 0 saturated carbocycles. The Morgan fingerprint density at radius 1 is 1.19 bits per heavy atom. The van der Waals surface area contributed by atoms with E-state index in [9.17, 15) is 22.8 Å². The summed E-state index contributed by atoms with van der Waals surface area (Å²) in [6.07, 6.45) is -3.50. The Morgan fingerprint density at radius 2 is 1.77 bits per heavy atom. The Balaban J connectivity index is 2.29. The zero-order valence-corrected chi connectivity index (χ0v) is 14.9. The number of amides is 1. The molecular formula is C18H22F3NO4. The van der Waals surface area contributed by atoms with Crippen LogP contribution in [-0.2, 0) is 15.8 Å². The number of hydrogen-bond donors (Lipinski definition) is 1. The van der Waals surface area contributed by atoms with Gasteiger partial charge < -0.3 is 14.7 Å². The summed E-state index contributed by atoms with van der Waals surface area (Å²) in [4.78, 5) is 24.2. The number of carboxylic acids is 1. The van der Waals surface area contributed by atoms with Crippen LogP contribution < -0.4 is 4.74 Å². The molecule has 5 nitrogen and oxygen atoms in total. The standard InChI is InChI=1S/C18H22F3NO4/c1-11(23)22-8-6-12(7-9-22)13-4-5-15(14(10-13)18(19,20)21)26-17(2,3)16(24)25/h4-5,10,12H,6-9H2,1-3H3,(H,24,25). The van der Waals surface area contributed by atoms with Crippen LogP contribution in [-0.4, -0.2) is 40.6 Å². The quantitative estimate of drug-likeness (QED) is 0.874. The molecule has 0 spiro atoms. The van der Waals surface area contributed by atoms with Crippen LogP contribution in [0.25, 0.3) is 0 Å². The molecule has 1 aromatic rings. The van der Waals surface area contributed by atoms with Gasteiger partial charge in [0.2, 0.25) is 5.91 Å². The van der Waals surface area contributed by atoms with Crippen molar-refractivity contribution in [2.75, 3.05) is 13.1 Å². The zero-order valence-electron chi connectivity index (χ0n) is 14.9. The molecule has 144 valence electrons. The van der Waals surface area contributed by atoms with Crippen molar-refractivity contribution in [1.82, 2.24) is 4.90 Å². The highest BCUT2D eigenvalue weighted by Gasteiger charge is 2.38. The van der Waals surface area contributed by atoms with E-state index in [0.717, 1.165) is 6.07 Å². The topological polar surface area (TPSA) is 66.8 Å². The molecule has 1 aromatic carbocycles. The predicted octanol–water partition coefficient (Wildman–Crippen LogP) is 3.67. The number of hydrogen-bond acceptors (Lipinski definition) is 3. The van der Waals surface area contributed by atoms with E-state index in [2.05, 4.69) is 0 Å². The molecule has 0 unspecified atom stereocenters. The van der Waals surface area contributed by atoms with Gasteiger partial charge in [0.15, 0.2) is 5.60 Å². The van der Waals surface area contributed by atoms with Gasteiger partial charge in [-0.05, 0) is 50.3 Å². The van der Waals surface area contributed by atoms with Crippen LogP contribution in [0.15, 0.2) is 18.2 Å². The number of carbonyl (C=O) groups excluding carboxylic acids is 1. The van der Waals surface area contributed by atoms with Crippen molar-refractivity contribution in [3.05, 3.63) is 29.3 Å². The van der Waals surface area contributed by atoms with Crippen LogP contribution in [0.1, 0.15) is 50.7 Å². The number of piperidine rings is 1. The van der Waals surface area contributed by atoms with Gasteiger partial charge in [-0.3, -0.25) is 4.79 Å². The Labute approximate surface area is 149 Å². The number of carbonyl (C=O) groups is 2. The normalized spacial score (nSPS) is 16.5. The summed E-state index contributed by atoms with van der Waals surface area (Å²) in [5.41, 5.74) is -2.26. The molecule has 0 radical (unpaired) electrons. The first-order chi connectivity index (χ1) is 11.9. The molecule has 1 amide bonds. The lowest BCUT2D eigenvalue weighted by molar-refractivity contribution is -0.155. The molecular weight excluding hydrogens is 351 g/mol. The molecule has 1 aliphatic heterocycles. The minimum absolute atomic E-state index is 0.0425. The Kier molecular flexibility index (Phi) is 5.53. The van der Waals surface area contributed by atoms with Crippen LogP contribution in [0.5, 0.6) is 5.75 Å². The lowest BCUT2D eigenvalue weighted by atomic mass is 9.88. The summed E-state index contributed by atoms with van der Waals surface area (Å²) in [5, 5.41) is 9.09. The van der Waals surface area contributed by atoms with E-state index < -0.39 is 29.1 Å². The Bertz CT molecular complexity index is 692. The largest absolute Gasteiger partial charge is 0.478 e. The summed E-state index contributed by atoms with van der Waals surface area (Å²) in [6, 6.07) is 3.75. The maximum absolute atomic E-state index is 13.5. The third kappa shape index (κ3) is 4.47. The Morgan fingerprint density at radius 3 is 2.23 bits per heavy atom. The first-order valence-corrected chi connectivity index (χ1v) is 8.31. The summed E-state index contributed by atoms with van der Waals surface area (Å²) < 4.78 is 45.5. The number of ether oxygens (including phenoxy) is 1. The molecule has 1 fully saturated rings. The zero-order chi connectivity index (χ0) is 19.7. The summed E-state index contributed by atoms with van der Waals surface area (Å²) >= 11 is 0. The van der Waals surface area contributed by atoms with Gasteiger partial charge in [-0.2, -0.15) is 13.2 Å². The highest BCUT2D eigenvalue weighted by atomic mass is 19.4. The van der Waals surface area contributed by atoms with E-state index in [4.69, 9.17) is 9.84 Å². The maximum atomic E-state index is 13.5. The fourth-order valence-electron chi connectivity index (χ4n) is 2.96. The van der Waals surface area contributed by atoms with Gasteiger partial charge >= 0.3 is 12.1 Å². The molecule has 1 heterocycles. The van der Waals surface area contributed by atoms with Crippen molar-refractivity contribution in [3.63, 3.8) is 0 Å². The van der Waals surface area contributed by atoms with Gasteiger partial charge in [0.05, 0.1) is 5.56 Å². The molecule has 0 aromatic heterocycles. The number of nitrogens with zero attached hydrogens (tertiary/aromatic N) is 1. The monoisotopic (exact) mass is 373 g/mol. The molecule has 1 N–H and O–H groups in total. The van der Waals surface area contributed by atoms with E-state index in [-0.39, 0.29) is 11.8 Å². The van der Waals surface area contributed by atoms with Crippen LogP contribution in [0.2, 0.25) is 0 Å². The fourth-order valence-corrected chi connectivity index (χ4v) is 2.96. The first kappa shape index (κ1) is 20.1. The lowest BCUT2D eigenvalue weighted by Crippen LogP contribution is -2.38. The second kappa shape index (κ2) is 7.17. The lowest BCUT2D eigenvalue weighted by Gasteiger charge is -2.32. The Hall–Kier alpha value is -2.25. The molecule has 0 bridgehead atoms. The van der Waals surface area contributed by atoms with Crippen LogP contribution >= 0.6 is 0 Å². The third-order valence-electron chi connectivity index (χ3n) is 4.60. The molecule has 1 aliphatic rings. The van der Waals surface area contributed by atoms with Crippen molar-refractivity contribution in [2.24, 2.45) is 0 Å². The fraction of sp³-hybridized carbons (Fsp3) is 0.556. The SMILES string of the molecule is CC(=O)N1CCC(c2ccc(OC(C)(C)C(=O)O)c(C(F)(F)F)c2)CC1. The highest BCUT2D eigenvalue weighted by Crippen LogP contribution is 2.40. The second-order valence-corrected chi connectivity index (χ2v) is 6.95. The van der Waals surface area contributed by atoms with Crippen molar-refractivity contribution < 1.29 is 32.6 Å². The number of carboxylic acid groups (broad SMARTS) is 1. The summed E-state index contributed by atoms with van der Waals surface area (Å²) in [7, 11) is 0. The maximum Gasteiger partial charge on any atom is 0.419 e. The molecule has 0 atom stereocenters. The smallest absolute Gasteiger partial charge is 0.419 e. The first-order valence-electron chi connectivity index (χ1n) is 8.31. The van der Waals surface area contributed by atoms with Gasteiger partial charge in [0, 0.05) is 20.0 Å². The number of aliphatic carboxylic acids is 1. The van der Waals surface area contributed by atoms with Gasteiger partial charge in [-0.15, -0.1) is 0 Å². The number of benzene rings is 1. The number of halogens is 3. The number of alkyl halides is 3. The minimum Gasteiger partial charge on any atom is -0.478 e. The van der Waals surface area contributed by atoms with Gasteiger partial charge in [0.25, 0.3) is 0 Å². The molecule has 8 heteroatoms. The molecule has 2 rings (SSSR count). The average Bonchev–Trinajstić information content (AvgIpc) is 2.53. The van der Waals surface area contributed by atoms with E-state index in [1.165, 1.54) is 32.9 Å². The minimum atomic E-state index is -4.67. The molecule has 0 aliphatic carbocycles. The predicted molar refractivity (Wildman–Crippen MR) is 88.0 cm³/mol. The van der Waals surface area contributed by atoms with Gasteiger partial charge in [0.1, 0.15) is 5.75 Å². The average molecular weight is 373 g/mol. The van der Waals surface area contributed by atoms with Crippen LogP contribution in [0.3, 0.4) is 0 Å². The third-order valence-corrected chi connectivity index (χ3v) is 4.60. The van der Waals surface area contributed by atoms with Crippen molar-refractivity contribution >= 4 is 11.9 Å². The van der Waals surface area contributed by atoms with Crippen LogP contribution in [0.4, 0.5) is 13.2 Å². The van der Waals surface area contributed by atoms with E-state index >= 15 is 0 Å². The molecule has 26 heavy (non-hydrogen) atoms. The second-order valence-electron chi connectivity index (χ2n) is 6.95. The van der Waals surface area contributed by atoms with Gasteiger partial charge in [-0.1, -0.05) is 6.07 Å². The van der Waals surface area contributed by atoms with Crippen molar-refractivity contribution in [2.45, 2.75) is 51.3 Å². The highest BCUT2D eigenvalue weighted by molar-refractivity contribution is 5.77. The van der Waals surface area contributed by atoms with Crippen LogP contribution in [0, 0.1) is 0 Å². The van der Waals surface area contributed by atoms with Crippen molar-refractivity contribution in [3.8, 4) is 5.75 Å². The van der Waals surface area contributed by atoms with E-state index in [0.29, 0.717) is 31.5 Å². The van der Waals surface area contributed by atoms with Gasteiger partial charge in [-0.25, -0.2) is 4.79 Å². The summed E-state index contributed by atoms with van der Waals surface area (Å²) in [5.74, 6) is -1.99. The number of likely N-dealkylation sites (tertiary alicyclic amines) is 1.